The minimum Gasteiger partial charge on any atom is -0.343 e. The molecule has 18 nitrogen and oxygen atoms in total. The molecule has 0 bridgehead atoms. The molecule has 4 heterocycles. The zero-order valence-electron chi connectivity index (χ0n) is 51.8. The van der Waals surface area contributed by atoms with Gasteiger partial charge in [-0.05, 0) is 104 Å². The molecule has 87 heavy (non-hydrogen) atoms. The van der Waals surface area contributed by atoms with Crippen LogP contribution in [0.5, 0.6) is 0 Å². The number of amides is 6. The molecule has 6 N–H and O–H groups in total. The summed E-state index contributed by atoms with van der Waals surface area (Å²) in [5.74, 6) is -1.60. The molecule has 4 aliphatic rings. The van der Waals surface area contributed by atoms with Crippen LogP contribution in [-0.4, -0.2) is 130 Å². The van der Waals surface area contributed by atoms with E-state index in [0.717, 1.165) is 146 Å². The number of Topliss-reactive ketones (excluding diaryl/α,β-unsaturated/α-hetero) is 2. The fourth-order valence-corrected chi connectivity index (χ4v) is 14.8. The van der Waals surface area contributed by atoms with E-state index in [1.54, 1.807) is 37.7 Å². The van der Waals surface area contributed by atoms with Crippen molar-refractivity contribution in [2.45, 2.75) is 223 Å². The first kappa shape index (κ1) is 66.7. The summed E-state index contributed by atoms with van der Waals surface area (Å²) in [6.45, 7) is 4.39. The number of hydrogen-bond donors (Lipinski definition) is 6. The highest BCUT2D eigenvalue weighted by Crippen LogP contribution is 2.38. The normalized spacial score (nSPS) is 18.8. The lowest BCUT2D eigenvalue weighted by atomic mass is 9.83. The third-order valence-electron chi connectivity index (χ3n) is 18.3. The fourth-order valence-electron chi connectivity index (χ4n) is 12.9. The molecule has 0 unspecified atom stereocenters. The van der Waals surface area contributed by atoms with Gasteiger partial charge in [0.05, 0.1) is 12.1 Å². The van der Waals surface area contributed by atoms with Gasteiger partial charge < -0.3 is 41.7 Å². The Hall–Kier alpha value is -6.22. The highest BCUT2D eigenvalue weighted by Gasteiger charge is 2.43. The van der Waals surface area contributed by atoms with Gasteiger partial charge in [0.2, 0.25) is 35.4 Å². The first-order valence-electron chi connectivity index (χ1n) is 32.6. The molecule has 8 rings (SSSR count). The van der Waals surface area contributed by atoms with Crippen molar-refractivity contribution in [2.24, 2.45) is 11.8 Å². The van der Waals surface area contributed by atoms with Crippen molar-refractivity contribution in [3.05, 3.63) is 70.7 Å². The lowest BCUT2D eigenvalue weighted by Crippen LogP contribution is -2.57. The topological polar surface area (TPSA) is 241 Å². The molecule has 2 aliphatic carbocycles. The summed E-state index contributed by atoms with van der Waals surface area (Å²) >= 11 is 2.38. The molecule has 2 aromatic carbocycles. The molecule has 0 spiro atoms. The van der Waals surface area contributed by atoms with Crippen LogP contribution in [-0.2, 0) is 28.8 Å². The van der Waals surface area contributed by atoms with E-state index in [-0.39, 0.29) is 58.8 Å². The van der Waals surface area contributed by atoms with E-state index in [1.807, 2.05) is 60.7 Å². The van der Waals surface area contributed by atoms with Crippen molar-refractivity contribution in [2.75, 3.05) is 37.8 Å². The summed E-state index contributed by atoms with van der Waals surface area (Å²) in [7, 11) is 3.43. The van der Waals surface area contributed by atoms with Crippen LogP contribution in [0.3, 0.4) is 0 Å². The van der Waals surface area contributed by atoms with Crippen molar-refractivity contribution in [3.8, 4) is 22.5 Å². The number of carbonyl (C=O) groups excluding carboxylic acids is 8. The third-order valence-corrected chi connectivity index (χ3v) is 20.3. The number of hydrogen-bond acceptors (Lipinski definition) is 14. The quantitative estimate of drug-likeness (QED) is 0.0198. The molecule has 0 radical (unpaired) electrons. The zero-order chi connectivity index (χ0) is 61.7. The number of aromatic nitrogens is 2. The number of unbranched alkanes of at least 4 members (excludes halogenated alkanes) is 10. The minimum atomic E-state index is -0.709. The number of benzene rings is 2. The molecule has 20 heteroatoms. The molecular weight excluding hydrogens is 1140 g/mol. The Bertz CT molecular complexity index is 2730. The van der Waals surface area contributed by atoms with E-state index in [4.69, 9.17) is 9.97 Å². The van der Waals surface area contributed by atoms with Crippen LogP contribution < -0.4 is 31.9 Å². The van der Waals surface area contributed by atoms with Crippen LogP contribution in [0.2, 0.25) is 0 Å². The number of nitrogens with zero attached hydrogens (tertiary/aromatic N) is 4. The molecular formula is C67H94N10O8S2. The maximum atomic E-state index is 14.3. The smallest absolute Gasteiger partial charge is 0.247 e. The van der Waals surface area contributed by atoms with Gasteiger partial charge in [0.15, 0.2) is 21.6 Å². The largest absolute Gasteiger partial charge is 0.343 e. The molecule has 4 aromatic rings. The first-order chi connectivity index (χ1) is 42.3. The maximum absolute atomic E-state index is 14.3. The summed E-state index contributed by atoms with van der Waals surface area (Å²) < 4.78 is 0. The highest BCUT2D eigenvalue weighted by atomic mass is 32.1. The van der Waals surface area contributed by atoms with Gasteiger partial charge in [-0.25, -0.2) is 9.97 Å². The van der Waals surface area contributed by atoms with E-state index >= 15 is 0 Å². The summed E-state index contributed by atoms with van der Waals surface area (Å²) in [4.78, 5) is 123. The molecule has 4 fully saturated rings. The van der Waals surface area contributed by atoms with E-state index < -0.39 is 36.3 Å². The Kier molecular flexibility index (Phi) is 26.0. The molecule has 2 aromatic heterocycles. The summed E-state index contributed by atoms with van der Waals surface area (Å²) in [5, 5.41) is 19.9. The Labute approximate surface area is 522 Å². The van der Waals surface area contributed by atoms with Gasteiger partial charge in [-0.3, -0.25) is 38.4 Å². The number of ketones is 2. The van der Waals surface area contributed by atoms with Gasteiger partial charge in [0.25, 0.3) is 0 Å². The second kappa shape index (κ2) is 33.9. The summed E-state index contributed by atoms with van der Waals surface area (Å²) in [6, 6.07) is 15.3. The average Bonchev–Trinajstić information content (AvgIpc) is 2.22. The van der Waals surface area contributed by atoms with Gasteiger partial charge >= 0.3 is 0 Å². The Morgan fingerprint density at radius 3 is 1.16 bits per heavy atom. The van der Waals surface area contributed by atoms with Crippen LogP contribution >= 0.6 is 22.7 Å². The summed E-state index contributed by atoms with van der Waals surface area (Å²) in [5.41, 5.74) is 2.64. The average molecular weight is 1230 g/mol. The van der Waals surface area contributed by atoms with Gasteiger partial charge in [0, 0.05) is 37.1 Å². The van der Waals surface area contributed by atoms with Crippen molar-refractivity contribution in [1.82, 2.24) is 41.0 Å². The molecule has 6 amide bonds. The van der Waals surface area contributed by atoms with Crippen LogP contribution in [0.25, 0.3) is 22.5 Å². The number of thiazole rings is 2. The number of carbonyl (C=O) groups is 8. The number of likely N-dealkylation sites (tertiary alicyclic amines) is 2. The number of likely N-dealkylation sites (N-methyl/N-ethyl adjacent to an activating group) is 2. The van der Waals surface area contributed by atoms with E-state index in [9.17, 15) is 38.4 Å². The van der Waals surface area contributed by atoms with Gasteiger partial charge in [0.1, 0.15) is 45.6 Å². The predicted octanol–water partition coefficient (Wildman–Crippen LogP) is 11.3. The van der Waals surface area contributed by atoms with Crippen LogP contribution in [0.4, 0.5) is 10.0 Å². The van der Waals surface area contributed by atoms with E-state index in [0.29, 0.717) is 83.0 Å². The van der Waals surface area contributed by atoms with Crippen LogP contribution in [0.15, 0.2) is 60.7 Å². The van der Waals surface area contributed by atoms with Crippen LogP contribution in [0.1, 0.15) is 207 Å². The number of rotatable bonds is 32. The first-order valence-corrected chi connectivity index (χ1v) is 34.3. The standard InChI is InChI=1S/C67H94N10O8S2/c1-44(68-3)58(80)70-56(48-34-22-16-23-35-48)66(84)76-42-28-38-50(76)60(82)74-64-54(46-30-18-14-19-31-46)72-62(86-64)52(78)40-26-12-10-8-6-5-7-9-11-13-27-41-53(79)63-73-55(47-32-20-15-21-33-47)65(87-63)75-61(83)51-39-29-43-77(51)67(85)57(49-36-24-17-25-37-49)71-59(81)45(2)69-4/h14-15,18-21,30-33,44-45,48-51,56-57,68-69H,5-13,16-17,22-29,34-43H2,1-4H3,(H,70,80)(H,71,81)(H,74,82)(H,75,83)/t44-,45-,50-,51-,56-,57-/m0/s1. The third kappa shape index (κ3) is 18.4. The van der Waals surface area contributed by atoms with Gasteiger partial charge in [-0.1, -0.05) is 180 Å². The lowest BCUT2D eigenvalue weighted by Gasteiger charge is -2.35. The minimum absolute atomic E-state index is 0.0117. The maximum Gasteiger partial charge on any atom is 0.247 e. The summed E-state index contributed by atoms with van der Waals surface area (Å²) in [6.07, 6.45) is 23.7. The molecule has 2 saturated carbocycles. The van der Waals surface area contributed by atoms with Crippen molar-refractivity contribution in [1.29, 1.82) is 0 Å². The number of nitrogens with one attached hydrogen (secondary N) is 6. The predicted molar refractivity (Wildman–Crippen MR) is 345 cm³/mol. The van der Waals surface area contributed by atoms with Gasteiger partial charge in [-0.2, -0.15) is 0 Å². The number of anilines is 2. The van der Waals surface area contributed by atoms with Crippen molar-refractivity contribution < 1.29 is 38.4 Å². The monoisotopic (exact) mass is 1230 g/mol. The second-order valence-electron chi connectivity index (χ2n) is 24.5. The molecule has 472 valence electrons. The molecule has 6 atom stereocenters. The Balaban J connectivity index is 0.746. The Morgan fingerprint density at radius 1 is 0.471 bits per heavy atom. The lowest BCUT2D eigenvalue weighted by molar-refractivity contribution is -0.142. The van der Waals surface area contributed by atoms with Crippen molar-refractivity contribution in [3.63, 3.8) is 0 Å². The molecule has 2 saturated heterocycles. The fraction of sp³-hybridized carbons (Fsp3) is 0.612. The highest BCUT2D eigenvalue weighted by molar-refractivity contribution is 7.18. The Morgan fingerprint density at radius 2 is 0.816 bits per heavy atom. The van der Waals surface area contributed by atoms with Crippen molar-refractivity contribution >= 4 is 79.7 Å². The molecule has 2 aliphatic heterocycles. The van der Waals surface area contributed by atoms with Crippen LogP contribution in [0, 0.1) is 11.8 Å². The van der Waals surface area contributed by atoms with E-state index in [2.05, 4.69) is 31.9 Å². The second-order valence-corrected chi connectivity index (χ2v) is 26.5. The SMILES string of the molecule is CN[C@@H](C)C(=O)N[C@H](C(=O)N1CCC[C@H]1C(=O)Nc1sc(C(=O)CCCCCCCCCCCCCC(=O)c2nc(-c3ccccc3)c(NC(=O)[C@@H]3CCCN3C(=O)[C@@H](NC(=O)[C@H](C)NC)C3CCCCC3)s2)nc1-c1ccccc1)C1CCCCC1. The van der Waals surface area contributed by atoms with Gasteiger partial charge in [-0.15, -0.1) is 0 Å². The zero-order valence-corrected chi connectivity index (χ0v) is 53.4. The van der Waals surface area contributed by atoms with E-state index in [1.165, 1.54) is 22.7 Å².